The SMILES string of the molecule is C=CC(C)Cc1c(C)cc(OC)cc1C. The van der Waals surface area contributed by atoms with Gasteiger partial charge >= 0.3 is 0 Å². The molecule has 0 aromatic heterocycles. The quantitative estimate of drug-likeness (QED) is 0.680. The number of rotatable bonds is 4. The summed E-state index contributed by atoms with van der Waals surface area (Å²) in [7, 11) is 1.71. The monoisotopic (exact) mass is 204 g/mol. The highest BCUT2D eigenvalue weighted by molar-refractivity contribution is 5.41. The molecule has 1 aromatic carbocycles. The van der Waals surface area contributed by atoms with Crippen molar-refractivity contribution in [3.05, 3.63) is 41.5 Å². The van der Waals surface area contributed by atoms with Crippen molar-refractivity contribution in [2.45, 2.75) is 27.2 Å². The van der Waals surface area contributed by atoms with Crippen LogP contribution in [0.5, 0.6) is 5.75 Å². The lowest BCUT2D eigenvalue weighted by Gasteiger charge is -2.14. The molecule has 1 atom stereocenters. The molecule has 15 heavy (non-hydrogen) atoms. The predicted molar refractivity (Wildman–Crippen MR) is 65.5 cm³/mol. The Morgan fingerprint density at radius 2 is 1.87 bits per heavy atom. The average Bonchev–Trinajstić information content (AvgIpc) is 2.22. The highest BCUT2D eigenvalue weighted by Crippen LogP contribution is 2.24. The Morgan fingerprint density at radius 3 is 2.27 bits per heavy atom. The van der Waals surface area contributed by atoms with Gasteiger partial charge in [0.25, 0.3) is 0 Å². The summed E-state index contributed by atoms with van der Waals surface area (Å²) in [4.78, 5) is 0. The van der Waals surface area contributed by atoms with Crippen molar-refractivity contribution in [2.24, 2.45) is 5.92 Å². The van der Waals surface area contributed by atoms with Gasteiger partial charge in [-0.05, 0) is 55.0 Å². The second-order valence-electron chi connectivity index (χ2n) is 4.16. The Hall–Kier alpha value is -1.24. The van der Waals surface area contributed by atoms with Crippen molar-refractivity contribution in [2.75, 3.05) is 7.11 Å². The minimum atomic E-state index is 0.524. The van der Waals surface area contributed by atoms with E-state index in [1.54, 1.807) is 7.11 Å². The zero-order chi connectivity index (χ0) is 11.4. The van der Waals surface area contributed by atoms with Gasteiger partial charge < -0.3 is 4.74 Å². The Bertz CT molecular complexity index is 329. The molecular weight excluding hydrogens is 184 g/mol. The molecule has 0 bridgehead atoms. The van der Waals surface area contributed by atoms with Crippen LogP contribution in [0.15, 0.2) is 24.8 Å². The van der Waals surface area contributed by atoms with Gasteiger partial charge in [0.2, 0.25) is 0 Å². The van der Waals surface area contributed by atoms with Crippen LogP contribution >= 0.6 is 0 Å². The molecule has 0 saturated heterocycles. The first-order valence-electron chi connectivity index (χ1n) is 5.35. The summed E-state index contributed by atoms with van der Waals surface area (Å²) in [6, 6.07) is 4.19. The van der Waals surface area contributed by atoms with E-state index in [1.807, 2.05) is 6.08 Å². The van der Waals surface area contributed by atoms with Crippen molar-refractivity contribution in [1.29, 1.82) is 0 Å². The van der Waals surface area contributed by atoms with Crippen LogP contribution in [0.4, 0.5) is 0 Å². The third kappa shape index (κ3) is 2.85. The molecule has 0 heterocycles. The third-order valence-electron chi connectivity index (χ3n) is 2.83. The molecule has 0 fully saturated rings. The van der Waals surface area contributed by atoms with Crippen LogP contribution in [-0.4, -0.2) is 7.11 Å². The lowest BCUT2D eigenvalue weighted by atomic mass is 9.93. The normalized spacial score (nSPS) is 12.3. The van der Waals surface area contributed by atoms with Crippen molar-refractivity contribution in [3.8, 4) is 5.75 Å². The first-order valence-corrected chi connectivity index (χ1v) is 5.35. The summed E-state index contributed by atoms with van der Waals surface area (Å²) >= 11 is 0. The van der Waals surface area contributed by atoms with Crippen molar-refractivity contribution >= 4 is 0 Å². The standard InChI is InChI=1S/C14H20O/c1-6-10(2)7-14-11(3)8-13(15-5)9-12(14)4/h6,8-10H,1,7H2,2-5H3. The van der Waals surface area contributed by atoms with Gasteiger partial charge in [0.15, 0.2) is 0 Å². The Kier molecular flexibility index (Phi) is 3.96. The van der Waals surface area contributed by atoms with Gasteiger partial charge in [0, 0.05) is 0 Å². The van der Waals surface area contributed by atoms with E-state index >= 15 is 0 Å². The van der Waals surface area contributed by atoms with Gasteiger partial charge in [-0.25, -0.2) is 0 Å². The van der Waals surface area contributed by atoms with Crippen LogP contribution in [0.1, 0.15) is 23.6 Å². The van der Waals surface area contributed by atoms with E-state index in [9.17, 15) is 0 Å². The molecule has 0 aliphatic heterocycles. The van der Waals surface area contributed by atoms with Crippen LogP contribution in [0.3, 0.4) is 0 Å². The van der Waals surface area contributed by atoms with E-state index in [2.05, 4.69) is 39.5 Å². The van der Waals surface area contributed by atoms with E-state index < -0.39 is 0 Å². The predicted octanol–water partition coefficient (Wildman–Crippen LogP) is 3.68. The summed E-state index contributed by atoms with van der Waals surface area (Å²) in [5, 5.41) is 0. The number of allylic oxidation sites excluding steroid dienone is 1. The molecule has 0 aliphatic rings. The van der Waals surface area contributed by atoms with Gasteiger partial charge in [-0.1, -0.05) is 13.0 Å². The van der Waals surface area contributed by atoms with Crippen LogP contribution in [0, 0.1) is 19.8 Å². The lowest BCUT2D eigenvalue weighted by Crippen LogP contribution is -2.01. The molecule has 1 nitrogen and oxygen atoms in total. The summed E-state index contributed by atoms with van der Waals surface area (Å²) in [6.45, 7) is 10.3. The van der Waals surface area contributed by atoms with Gasteiger partial charge in [-0.3, -0.25) is 0 Å². The fourth-order valence-corrected chi connectivity index (χ4v) is 1.80. The average molecular weight is 204 g/mol. The van der Waals surface area contributed by atoms with Crippen LogP contribution < -0.4 is 4.74 Å². The minimum Gasteiger partial charge on any atom is -0.497 e. The molecule has 0 spiro atoms. The molecule has 0 aliphatic carbocycles. The molecular formula is C14H20O. The fraction of sp³-hybridized carbons (Fsp3) is 0.429. The third-order valence-corrected chi connectivity index (χ3v) is 2.83. The second-order valence-corrected chi connectivity index (χ2v) is 4.16. The van der Waals surface area contributed by atoms with Gasteiger partial charge in [0.1, 0.15) is 5.75 Å². The van der Waals surface area contributed by atoms with Gasteiger partial charge in [0.05, 0.1) is 7.11 Å². The van der Waals surface area contributed by atoms with Crippen LogP contribution in [0.2, 0.25) is 0 Å². The van der Waals surface area contributed by atoms with Crippen LogP contribution in [-0.2, 0) is 6.42 Å². The maximum absolute atomic E-state index is 5.24. The molecule has 0 amide bonds. The zero-order valence-corrected chi connectivity index (χ0v) is 10.1. The maximum Gasteiger partial charge on any atom is 0.119 e. The molecule has 0 N–H and O–H groups in total. The second kappa shape index (κ2) is 5.01. The number of hydrogen-bond donors (Lipinski definition) is 0. The summed E-state index contributed by atoms with van der Waals surface area (Å²) in [5.41, 5.74) is 4.03. The van der Waals surface area contributed by atoms with Crippen molar-refractivity contribution < 1.29 is 4.74 Å². The first kappa shape index (κ1) is 11.8. The van der Waals surface area contributed by atoms with E-state index in [0.29, 0.717) is 5.92 Å². The summed E-state index contributed by atoms with van der Waals surface area (Å²) in [6.07, 6.45) is 3.06. The molecule has 0 saturated carbocycles. The Morgan fingerprint density at radius 1 is 1.33 bits per heavy atom. The molecule has 1 unspecified atom stereocenters. The Balaban J connectivity index is 3.02. The maximum atomic E-state index is 5.24. The fourth-order valence-electron chi connectivity index (χ4n) is 1.80. The number of aryl methyl sites for hydroxylation is 2. The van der Waals surface area contributed by atoms with Gasteiger partial charge in [-0.15, -0.1) is 6.58 Å². The highest BCUT2D eigenvalue weighted by atomic mass is 16.5. The number of methoxy groups -OCH3 is 1. The Labute approximate surface area is 92.8 Å². The summed E-state index contributed by atoms with van der Waals surface area (Å²) in [5.74, 6) is 1.47. The molecule has 1 heteroatoms. The number of benzene rings is 1. The topological polar surface area (TPSA) is 9.23 Å². The van der Waals surface area contributed by atoms with Crippen molar-refractivity contribution in [1.82, 2.24) is 0 Å². The highest BCUT2D eigenvalue weighted by Gasteiger charge is 2.07. The molecule has 1 aromatic rings. The molecule has 0 radical (unpaired) electrons. The molecule has 82 valence electrons. The van der Waals surface area contributed by atoms with Crippen molar-refractivity contribution in [3.63, 3.8) is 0 Å². The smallest absolute Gasteiger partial charge is 0.119 e. The summed E-state index contributed by atoms with van der Waals surface area (Å²) < 4.78 is 5.24. The van der Waals surface area contributed by atoms with Crippen LogP contribution in [0.25, 0.3) is 0 Å². The van der Waals surface area contributed by atoms with E-state index in [0.717, 1.165) is 12.2 Å². The molecule has 1 rings (SSSR count). The van der Waals surface area contributed by atoms with E-state index in [4.69, 9.17) is 4.74 Å². The van der Waals surface area contributed by atoms with E-state index in [-0.39, 0.29) is 0 Å². The minimum absolute atomic E-state index is 0.524. The lowest BCUT2D eigenvalue weighted by molar-refractivity contribution is 0.414. The van der Waals surface area contributed by atoms with E-state index in [1.165, 1.54) is 16.7 Å². The number of hydrogen-bond acceptors (Lipinski definition) is 1. The van der Waals surface area contributed by atoms with Gasteiger partial charge in [-0.2, -0.15) is 0 Å². The zero-order valence-electron chi connectivity index (χ0n) is 10.1. The first-order chi connectivity index (χ1) is 7.08. The number of ether oxygens (including phenoxy) is 1. The largest absolute Gasteiger partial charge is 0.497 e.